The molecule has 0 fully saturated rings. The van der Waals surface area contributed by atoms with Gasteiger partial charge in [-0.3, -0.25) is 0 Å². The van der Waals surface area contributed by atoms with Gasteiger partial charge in [0.15, 0.2) is 0 Å². The number of para-hydroxylation sites is 1. The van der Waals surface area contributed by atoms with Crippen LogP contribution in [0.2, 0.25) is 0 Å². The van der Waals surface area contributed by atoms with Crippen LogP contribution in [0, 0.1) is 0 Å². The Kier molecular flexibility index (Phi) is 4.80. The fourth-order valence-electron chi connectivity index (χ4n) is 4.00. The number of nitrogens with zero attached hydrogens (tertiary/aromatic N) is 2. The van der Waals surface area contributed by atoms with Crippen LogP contribution in [-0.4, -0.2) is 24.5 Å². The van der Waals surface area contributed by atoms with Gasteiger partial charge >= 0.3 is 192 Å². The van der Waals surface area contributed by atoms with Crippen molar-refractivity contribution in [2.24, 2.45) is 0 Å². The number of benzene rings is 3. The van der Waals surface area contributed by atoms with E-state index in [0.29, 0.717) is 0 Å². The Labute approximate surface area is 192 Å². The summed E-state index contributed by atoms with van der Waals surface area (Å²) >= 11 is 0.264. The van der Waals surface area contributed by atoms with Crippen LogP contribution in [-0.2, 0) is 0 Å². The van der Waals surface area contributed by atoms with E-state index < -0.39 is 0 Å². The summed E-state index contributed by atoms with van der Waals surface area (Å²) in [7, 11) is 0. The van der Waals surface area contributed by atoms with E-state index in [1.54, 1.807) is 0 Å². The summed E-state index contributed by atoms with van der Waals surface area (Å²) in [4.78, 5) is 9.65. The average molecular weight is 476 g/mol. The zero-order chi connectivity index (χ0) is 21.3. The fourth-order valence-corrected chi connectivity index (χ4v) is 6.25. The van der Waals surface area contributed by atoms with Gasteiger partial charge in [-0.15, -0.1) is 0 Å². The van der Waals surface area contributed by atoms with Crippen molar-refractivity contribution in [1.82, 2.24) is 9.97 Å². The van der Waals surface area contributed by atoms with Crippen LogP contribution >= 0.6 is 0 Å². The SMILES string of the molecule is c1ccc(Nc2cccc3[se]c4ccc(-c5cccc(-c6ccccn6)c5)nc4c23)cc1. The maximum absolute atomic E-state index is 5.16. The third-order valence-corrected chi connectivity index (χ3v) is 7.84. The first-order chi connectivity index (χ1) is 15.8. The minimum atomic E-state index is 0.264. The molecule has 0 aliphatic heterocycles. The molecule has 0 aliphatic carbocycles. The predicted molar refractivity (Wildman–Crippen MR) is 135 cm³/mol. The number of hydrogen-bond donors (Lipinski definition) is 1. The topological polar surface area (TPSA) is 37.8 Å². The van der Waals surface area contributed by atoms with Gasteiger partial charge in [-0.25, -0.2) is 0 Å². The Morgan fingerprint density at radius 3 is 2.28 bits per heavy atom. The number of hydrogen-bond acceptors (Lipinski definition) is 3. The van der Waals surface area contributed by atoms with E-state index in [4.69, 9.17) is 4.98 Å². The van der Waals surface area contributed by atoms with Crippen molar-refractivity contribution in [3.8, 4) is 22.5 Å². The van der Waals surface area contributed by atoms with E-state index in [0.717, 1.165) is 39.4 Å². The molecular weight excluding hydrogens is 457 g/mol. The summed E-state index contributed by atoms with van der Waals surface area (Å²) in [5.41, 5.74) is 7.45. The second-order valence-corrected chi connectivity index (χ2v) is 9.88. The molecule has 3 heterocycles. The third-order valence-electron chi connectivity index (χ3n) is 5.51. The van der Waals surface area contributed by atoms with E-state index in [1.165, 1.54) is 13.9 Å². The van der Waals surface area contributed by atoms with Crippen molar-refractivity contribution in [3.63, 3.8) is 0 Å². The van der Waals surface area contributed by atoms with Gasteiger partial charge in [0, 0.05) is 0 Å². The van der Waals surface area contributed by atoms with Gasteiger partial charge < -0.3 is 0 Å². The van der Waals surface area contributed by atoms with E-state index in [9.17, 15) is 0 Å². The summed E-state index contributed by atoms with van der Waals surface area (Å²) < 4.78 is 2.71. The predicted octanol–water partition coefficient (Wildman–Crippen LogP) is 6.92. The normalized spacial score (nSPS) is 11.1. The monoisotopic (exact) mass is 477 g/mol. The standard InChI is InChI=1S/C28H19N3Se/c1-2-10-21(11-3-1)30-24-13-7-14-25-27(24)28-26(32-25)16-15-23(31-28)20-9-6-8-19(18-20)22-12-4-5-17-29-22/h1-18,30H. The summed E-state index contributed by atoms with van der Waals surface area (Å²) in [6.45, 7) is 0. The molecule has 0 saturated heterocycles. The molecule has 6 rings (SSSR count). The molecule has 3 aromatic heterocycles. The summed E-state index contributed by atoms with van der Waals surface area (Å²) in [6, 6.07) is 35.7. The molecule has 0 spiro atoms. The number of nitrogens with one attached hydrogen (secondary N) is 1. The molecule has 32 heavy (non-hydrogen) atoms. The summed E-state index contributed by atoms with van der Waals surface area (Å²) in [5, 5.41) is 4.83. The van der Waals surface area contributed by atoms with Crippen LogP contribution in [0.15, 0.2) is 109 Å². The first-order valence-electron chi connectivity index (χ1n) is 10.5. The first-order valence-corrected chi connectivity index (χ1v) is 12.2. The van der Waals surface area contributed by atoms with Gasteiger partial charge in [-0.05, 0) is 0 Å². The molecule has 0 amide bonds. The Balaban J connectivity index is 1.48. The number of pyridine rings is 2. The molecule has 1 N–H and O–H groups in total. The molecule has 4 heteroatoms. The first kappa shape index (κ1) is 19.0. The van der Waals surface area contributed by atoms with Crippen LogP contribution < -0.4 is 5.32 Å². The Bertz CT molecular complexity index is 1540. The molecule has 6 aromatic rings. The molecule has 152 valence electrons. The number of fused-ring (bicyclic) bond motifs is 3. The molecule has 0 radical (unpaired) electrons. The van der Waals surface area contributed by atoms with Gasteiger partial charge in [0.2, 0.25) is 0 Å². The number of aromatic nitrogens is 2. The Morgan fingerprint density at radius 1 is 0.625 bits per heavy atom. The van der Waals surface area contributed by atoms with E-state index in [1.807, 2.05) is 42.6 Å². The fraction of sp³-hybridized carbons (Fsp3) is 0. The Morgan fingerprint density at radius 2 is 1.44 bits per heavy atom. The van der Waals surface area contributed by atoms with Gasteiger partial charge in [0.25, 0.3) is 0 Å². The van der Waals surface area contributed by atoms with E-state index >= 15 is 0 Å². The maximum atomic E-state index is 5.16. The van der Waals surface area contributed by atoms with Crippen molar-refractivity contribution in [2.45, 2.75) is 0 Å². The Hall–Kier alpha value is -3.72. The van der Waals surface area contributed by atoms with Crippen molar-refractivity contribution in [3.05, 3.63) is 109 Å². The second-order valence-electron chi connectivity index (χ2n) is 7.61. The summed E-state index contributed by atoms with van der Waals surface area (Å²) in [5.74, 6) is 0. The van der Waals surface area contributed by atoms with Crippen molar-refractivity contribution < 1.29 is 0 Å². The van der Waals surface area contributed by atoms with E-state index in [-0.39, 0.29) is 14.5 Å². The van der Waals surface area contributed by atoms with Crippen molar-refractivity contribution in [2.75, 3.05) is 5.32 Å². The number of anilines is 2. The third kappa shape index (κ3) is 3.50. The van der Waals surface area contributed by atoms with Gasteiger partial charge in [-0.1, -0.05) is 0 Å². The average Bonchev–Trinajstić information content (AvgIpc) is 3.24. The van der Waals surface area contributed by atoms with Crippen molar-refractivity contribution >= 4 is 45.3 Å². The molecule has 0 saturated carbocycles. The molecule has 3 nitrogen and oxygen atoms in total. The zero-order valence-corrected chi connectivity index (χ0v) is 18.9. The van der Waals surface area contributed by atoms with Gasteiger partial charge in [0.05, 0.1) is 0 Å². The van der Waals surface area contributed by atoms with E-state index in [2.05, 4.69) is 77.0 Å². The molecular formula is C28H19N3Se. The molecule has 3 aromatic carbocycles. The summed E-state index contributed by atoms with van der Waals surface area (Å²) in [6.07, 6.45) is 1.83. The molecule has 0 atom stereocenters. The number of rotatable bonds is 4. The van der Waals surface area contributed by atoms with Gasteiger partial charge in [-0.2, -0.15) is 0 Å². The van der Waals surface area contributed by atoms with Crippen LogP contribution in [0.3, 0.4) is 0 Å². The molecule has 0 aliphatic rings. The molecule has 0 bridgehead atoms. The van der Waals surface area contributed by atoms with Gasteiger partial charge in [0.1, 0.15) is 0 Å². The minimum absolute atomic E-state index is 0.264. The van der Waals surface area contributed by atoms with Crippen molar-refractivity contribution in [1.29, 1.82) is 0 Å². The molecule has 0 unspecified atom stereocenters. The van der Waals surface area contributed by atoms with Crippen LogP contribution in [0.5, 0.6) is 0 Å². The second kappa shape index (κ2) is 8.08. The van der Waals surface area contributed by atoms with Crippen LogP contribution in [0.25, 0.3) is 41.9 Å². The quantitative estimate of drug-likeness (QED) is 0.281. The van der Waals surface area contributed by atoms with Crippen LogP contribution in [0.1, 0.15) is 0 Å². The van der Waals surface area contributed by atoms with Crippen LogP contribution in [0.4, 0.5) is 11.4 Å². The zero-order valence-electron chi connectivity index (χ0n) is 17.2.